The van der Waals surface area contributed by atoms with Crippen molar-refractivity contribution in [1.29, 1.82) is 0 Å². The van der Waals surface area contributed by atoms with Gasteiger partial charge in [-0.1, -0.05) is 67.1 Å². The standard InChI is InChI=1S/C24H21ClFNO/c1-2-15-27-24(28)23-16-18(4-3-17-5-12-21(26)13-6-17)7-14-22(23)19-8-10-20(25)11-9-19/h3-14,16H,2,15H2,1H3,(H,27,28)/b4-3+. The highest BCUT2D eigenvalue weighted by Gasteiger charge is 2.13. The molecule has 0 fully saturated rings. The predicted octanol–water partition coefficient (Wildman–Crippen LogP) is 6.46. The Balaban J connectivity index is 1.95. The second kappa shape index (κ2) is 9.34. The van der Waals surface area contributed by atoms with Gasteiger partial charge in [0, 0.05) is 17.1 Å². The Kier molecular flexibility index (Phi) is 6.62. The van der Waals surface area contributed by atoms with Crippen LogP contribution in [0.1, 0.15) is 34.8 Å². The number of hydrogen-bond acceptors (Lipinski definition) is 1. The summed E-state index contributed by atoms with van der Waals surface area (Å²) in [5.41, 5.74) is 4.17. The van der Waals surface area contributed by atoms with Crippen LogP contribution >= 0.6 is 11.6 Å². The van der Waals surface area contributed by atoms with Gasteiger partial charge in [-0.25, -0.2) is 4.39 Å². The van der Waals surface area contributed by atoms with E-state index in [1.165, 1.54) is 12.1 Å². The maximum Gasteiger partial charge on any atom is 0.251 e. The molecule has 0 aromatic heterocycles. The van der Waals surface area contributed by atoms with Crippen molar-refractivity contribution in [3.05, 3.63) is 94.3 Å². The molecule has 0 bridgehead atoms. The number of rotatable bonds is 6. The first-order chi connectivity index (χ1) is 13.6. The molecule has 3 rings (SSSR count). The van der Waals surface area contributed by atoms with Gasteiger partial charge in [0.15, 0.2) is 0 Å². The summed E-state index contributed by atoms with van der Waals surface area (Å²) >= 11 is 5.99. The molecule has 0 unspecified atom stereocenters. The van der Waals surface area contributed by atoms with Crippen molar-refractivity contribution in [3.8, 4) is 11.1 Å². The Labute approximate surface area is 169 Å². The zero-order valence-electron chi connectivity index (χ0n) is 15.6. The van der Waals surface area contributed by atoms with Gasteiger partial charge in [0.2, 0.25) is 0 Å². The van der Waals surface area contributed by atoms with Gasteiger partial charge in [0.1, 0.15) is 5.82 Å². The number of halogens is 2. The van der Waals surface area contributed by atoms with Crippen molar-refractivity contribution in [2.24, 2.45) is 0 Å². The number of carbonyl (C=O) groups is 1. The molecule has 0 aliphatic rings. The van der Waals surface area contributed by atoms with Gasteiger partial charge in [-0.15, -0.1) is 0 Å². The molecule has 0 aliphatic heterocycles. The molecule has 1 amide bonds. The van der Waals surface area contributed by atoms with Gasteiger partial charge in [-0.05, 0) is 59.0 Å². The fourth-order valence-electron chi connectivity index (χ4n) is 2.83. The molecule has 4 heteroatoms. The van der Waals surface area contributed by atoms with Crippen molar-refractivity contribution in [1.82, 2.24) is 5.32 Å². The lowest BCUT2D eigenvalue weighted by molar-refractivity contribution is 0.0954. The van der Waals surface area contributed by atoms with E-state index < -0.39 is 0 Å². The van der Waals surface area contributed by atoms with Gasteiger partial charge >= 0.3 is 0 Å². The molecule has 0 saturated carbocycles. The smallest absolute Gasteiger partial charge is 0.251 e. The van der Waals surface area contributed by atoms with Gasteiger partial charge < -0.3 is 5.32 Å². The van der Waals surface area contributed by atoms with E-state index in [9.17, 15) is 9.18 Å². The predicted molar refractivity (Wildman–Crippen MR) is 115 cm³/mol. The van der Waals surface area contributed by atoms with Crippen LogP contribution in [0.25, 0.3) is 23.3 Å². The average molecular weight is 394 g/mol. The molecule has 0 spiro atoms. The number of amides is 1. The third kappa shape index (κ3) is 5.08. The van der Waals surface area contributed by atoms with Crippen molar-refractivity contribution in [2.45, 2.75) is 13.3 Å². The normalized spacial score (nSPS) is 11.0. The monoisotopic (exact) mass is 393 g/mol. The Morgan fingerprint density at radius 1 is 0.964 bits per heavy atom. The van der Waals surface area contributed by atoms with E-state index in [0.29, 0.717) is 17.1 Å². The topological polar surface area (TPSA) is 29.1 Å². The Bertz CT molecular complexity index is 978. The zero-order chi connectivity index (χ0) is 19.9. The van der Waals surface area contributed by atoms with Crippen LogP contribution in [-0.4, -0.2) is 12.5 Å². The van der Waals surface area contributed by atoms with Gasteiger partial charge in [0.05, 0.1) is 0 Å². The molecular weight excluding hydrogens is 373 g/mol. The summed E-state index contributed by atoms with van der Waals surface area (Å²) in [7, 11) is 0. The molecule has 0 aliphatic carbocycles. The largest absolute Gasteiger partial charge is 0.352 e. The lowest BCUT2D eigenvalue weighted by Gasteiger charge is -2.12. The lowest BCUT2D eigenvalue weighted by Crippen LogP contribution is -2.24. The van der Waals surface area contributed by atoms with Crippen molar-refractivity contribution in [2.75, 3.05) is 6.54 Å². The number of benzene rings is 3. The summed E-state index contributed by atoms with van der Waals surface area (Å²) in [5, 5.41) is 3.60. The van der Waals surface area contributed by atoms with Crippen molar-refractivity contribution in [3.63, 3.8) is 0 Å². The average Bonchev–Trinajstić information content (AvgIpc) is 2.72. The SMILES string of the molecule is CCCNC(=O)c1cc(/C=C/c2ccc(F)cc2)ccc1-c1ccc(Cl)cc1. The Morgan fingerprint density at radius 3 is 2.29 bits per heavy atom. The molecule has 3 aromatic rings. The third-order valence-corrected chi connectivity index (χ3v) is 4.57. The maximum atomic E-state index is 13.0. The van der Waals surface area contributed by atoms with Crippen LogP contribution in [0.4, 0.5) is 4.39 Å². The van der Waals surface area contributed by atoms with Crippen molar-refractivity contribution >= 4 is 29.7 Å². The number of carbonyl (C=O) groups excluding carboxylic acids is 1. The quantitative estimate of drug-likeness (QED) is 0.478. The maximum absolute atomic E-state index is 13.0. The fraction of sp³-hybridized carbons (Fsp3) is 0.125. The molecule has 0 heterocycles. The molecular formula is C24H21ClFNO. The molecule has 0 atom stereocenters. The van der Waals surface area contributed by atoms with Crippen LogP contribution in [-0.2, 0) is 0 Å². The minimum atomic E-state index is -0.264. The van der Waals surface area contributed by atoms with Gasteiger partial charge in [-0.3, -0.25) is 4.79 Å². The highest BCUT2D eigenvalue weighted by atomic mass is 35.5. The van der Waals surface area contributed by atoms with Crippen LogP contribution < -0.4 is 5.32 Å². The second-order valence-corrected chi connectivity index (χ2v) is 6.89. The van der Waals surface area contributed by atoms with E-state index in [2.05, 4.69) is 5.32 Å². The Morgan fingerprint density at radius 2 is 1.61 bits per heavy atom. The highest BCUT2D eigenvalue weighted by Crippen LogP contribution is 2.27. The molecule has 2 nitrogen and oxygen atoms in total. The highest BCUT2D eigenvalue weighted by molar-refractivity contribution is 6.30. The molecule has 1 N–H and O–H groups in total. The van der Waals surface area contributed by atoms with E-state index in [1.54, 1.807) is 12.1 Å². The Hall–Kier alpha value is -2.91. The first-order valence-electron chi connectivity index (χ1n) is 9.18. The third-order valence-electron chi connectivity index (χ3n) is 4.32. The number of nitrogens with one attached hydrogen (secondary N) is 1. The van der Waals surface area contributed by atoms with E-state index >= 15 is 0 Å². The van der Waals surface area contributed by atoms with Crippen LogP contribution in [0.3, 0.4) is 0 Å². The zero-order valence-corrected chi connectivity index (χ0v) is 16.3. The van der Waals surface area contributed by atoms with Crippen molar-refractivity contribution < 1.29 is 9.18 Å². The van der Waals surface area contributed by atoms with Gasteiger partial charge in [0.25, 0.3) is 5.91 Å². The molecule has 0 radical (unpaired) electrons. The molecule has 3 aromatic carbocycles. The van der Waals surface area contributed by atoms with Crippen LogP contribution in [0.2, 0.25) is 5.02 Å². The minimum absolute atomic E-state index is 0.108. The second-order valence-electron chi connectivity index (χ2n) is 6.45. The van der Waals surface area contributed by atoms with E-state index in [-0.39, 0.29) is 11.7 Å². The fourth-order valence-corrected chi connectivity index (χ4v) is 2.96. The summed E-state index contributed by atoms with van der Waals surface area (Å²) in [5.74, 6) is -0.372. The van der Waals surface area contributed by atoms with E-state index in [0.717, 1.165) is 28.7 Å². The van der Waals surface area contributed by atoms with E-state index in [4.69, 9.17) is 11.6 Å². The van der Waals surface area contributed by atoms with Crippen LogP contribution in [0.5, 0.6) is 0 Å². The molecule has 28 heavy (non-hydrogen) atoms. The molecule has 0 saturated heterocycles. The summed E-state index contributed by atoms with van der Waals surface area (Å²) in [6.45, 7) is 2.64. The lowest BCUT2D eigenvalue weighted by atomic mass is 9.96. The number of hydrogen-bond donors (Lipinski definition) is 1. The van der Waals surface area contributed by atoms with E-state index in [1.807, 2.05) is 61.5 Å². The van der Waals surface area contributed by atoms with Crippen LogP contribution in [0.15, 0.2) is 66.7 Å². The molecule has 142 valence electrons. The minimum Gasteiger partial charge on any atom is -0.352 e. The van der Waals surface area contributed by atoms with Crippen LogP contribution in [0, 0.1) is 5.82 Å². The summed E-state index contributed by atoms with van der Waals surface area (Å²) in [4.78, 5) is 12.7. The summed E-state index contributed by atoms with van der Waals surface area (Å²) in [6, 6.07) is 19.5. The van der Waals surface area contributed by atoms with Gasteiger partial charge in [-0.2, -0.15) is 0 Å². The summed E-state index contributed by atoms with van der Waals surface area (Å²) < 4.78 is 13.0. The summed E-state index contributed by atoms with van der Waals surface area (Å²) in [6.07, 6.45) is 4.67. The first-order valence-corrected chi connectivity index (χ1v) is 9.56. The first kappa shape index (κ1) is 19.8.